The van der Waals surface area contributed by atoms with Crippen molar-refractivity contribution >= 4 is 12.0 Å². The third kappa shape index (κ3) is 4.33. The summed E-state index contributed by atoms with van der Waals surface area (Å²) in [7, 11) is 0. The monoisotopic (exact) mass is 344 g/mol. The first-order valence-electron chi connectivity index (χ1n) is 8.88. The molecule has 0 aliphatic heterocycles. The Morgan fingerprint density at radius 2 is 1.65 bits per heavy atom. The molecule has 3 rings (SSSR count). The van der Waals surface area contributed by atoms with Crippen LogP contribution in [0, 0.1) is 12.3 Å². The number of aryl methyl sites for hydroxylation is 1. The van der Waals surface area contributed by atoms with E-state index in [0.717, 1.165) is 29.4 Å². The van der Waals surface area contributed by atoms with E-state index in [9.17, 15) is 0 Å². The van der Waals surface area contributed by atoms with Gasteiger partial charge in [0.05, 0.1) is 11.3 Å². The maximum Gasteiger partial charge on any atom is 0.138 e. The lowest BCUT2D eigenvalue weighted by atomic mass is 10.0. The molecule has 26 heavy (non-hydrogen) atoms. The largest absolute Gasteiger partial charge is 0.369 e. The van der Waals surface area contributed by atoms with E-state index in [0.29, 0.717) is 12.3 Å². The lowest BCUT2D eigenvalue weighted by molar-refractivity contribution is 0.797. The second-order valence-corrected chi connectivity index (χ2v) is 6.49. The molecule has 0 saturated heterocycles. The van der Waals surface area contributed by atoms with Crippen molar-refractivity contribution < 1.29 is 0 Å². The number of nitrogens with zero attached hydrogens (tertiary/aromatic N) is 2. The molecule has 4 nitrogen and oxygen atoms in total. The van der Waals surface area contributed by atoms with Crippen LogP contribution in [0.25, 0.3) is 0 Å². The highest BCUT2D eigenvalue weighted by Gasteiger charge is 2.12. The molecule has 2 aromatic carbocycles. The van der Waals surface area contributed by atoms with Crippen LogP contribution >= 0.6 is 0 Å². The molecule has 1 heterocycles. The highest BCUT2D eigenvalue weighted by atomic mass is 15.0. The van der Waals surface area contributed by atoms with E-state index < -0.39 is 0 Å². The van der Waals surface area contributed by atoms with E-state index in [1.54, 1.807) is 0 Å². The normalized spacial score (nSPS) is 11.8. The Bertz CT molecular complexity index is 860. The molecular formula is C22H24N4. The van der Waals surface area contributed by atoms with Crippen LogP contribution in [0.5, 0.6) is 0 Å². The van der Waals surface area contributed by atoms with Gasteiger partial charge in [0.2, 0.25) is 0 Å². The predicted molar refractivity (Wildman–Crippen MR) is 107 cm³/mol. The summed E-state index contributed by atoms with van der Waals surface area (Å²) in [5.74, 6) is 1.86. The summed E-state index contributed by atoms with van der Waals surface area (Å²) in [6.45, 7) is 4.87. The van der Waals surface area contributed by atoms with Gasteiger partial charge < -0.3 is 10.7 Å². The Morgan fingerprint density at radius 1 is 1.00 bits per heavy atom. The smallest absolute Gasteiger partial charge is 0.138 e. The van der Waals surface area contributed by atoms with E-state index in [1.807, 2.05) is 31.2 Å². The van der Waals surface area contributed by atoms with Gasteiger partial charge >= 0.3 is 0 Å². The van der Waals surface area contributed by atoms with Gasteiger partial charge in [0.1, 0.15) is 11.6 Å². The van der Waals surface area contributed by atoms with Gasteiger partial charge in [0, 0.05) is 19.2 Å². The third-order valence-electron chi connectivity index (χ3n) is 4.48. The van der Waals surface area contributed by atoms with Crippen LogP contribution in [0.2, 0.25) is 0 Å². The summed E-state index contributed by atoms with van der Waals surface area (Å²) in [6.07, 6.45) is 2.01. The van der Waals surface area contributed by atoms with E-state index >= 15 is 0 Å². The quantitative estimate of drug-likeness (QED) is 0.616. The second kappa shape index (κ2) is 8.39. The minimum atomic E-state index is 0.350. The zero-order chi connectivity index (χ0) is 18.4. The summed E-state index contributed by atoms with van der Waals surface area (Å²) in [5.41, 5.74) is 4.04. The van der Waals surface area contributed by atoms with Crippen LogP contribution < -0.4 is 5.32 Å². The Balaban J connectivity index is 1.79. The van der Waals surface area contributed by atoms with Crippen molar-refractivity contribution in [1.82, 2.24) is 9.97 Å². The first-order chi connectivity index (χ1) is 12.7. The molecule has 3 aromatic rings. The minimum absolute atomic E-state index is 0.350. The Hall–Kier alpha value is -3.01. The SMILES string of the molecule is Cc1nc(Cc2ccccc2)nc(NCC(C)c2ccccc2)c1C=N. The summed E-state index contributed by atoms with van der Waals surface area (Å²) in [5, 5.41) is 11.1. The van der Waals surface area contributed by atoms with Crippen molar-refractivity contribution in [2.45, 2.75) is 26.2 Å². The fourth-order valence-electron chi connectivity index (χ4n) is 2.95. The molecular weight excluding hydrogens is 320 g/mol. The third-order valence-corrected chi connectivity index (χ3v) is 4.48. The first-order valence-corrected chi connectivity index (χ1v) is 8.88. The lowest BCUT2D eigenvalue weighted by Gasteiger charge is -2.16. The lowest BCUT2D eigenvalue weighted by Crippen LogP contribution is -2.15. The van der Waals surface area contributed by atoms with Crippen LogP contribution in [-0.2, 0) is 6.42 Å². The van der Waals surface area contributed by atoms with Gasteiger partial charge in [-0.05, 0) is 24.0 Å². The number of hydrogen-bond donors (Lipinski definition) is 2. The van der Waals surface area contributed by atoms with Gasteiger partial charge in [-0.2, -0.15) is 0 Å². The van der Waals surface area contributed by atoms with Gasteiger partial charge in [-0.1, -0.05) is 67.6 Å². The van der Waals surface area contributed by atoms with Crippen molar-refractivity contribution in [2.75, 3.05) is 11.9 Å². The second-order valence-electron chi connectivity index (χ2n) is 6.49. The molecule has 1 unspecified atom stereocenters. The molecule has 2 N–H and O–H groups in total. The molecule has 1 atom stereocenters. The number of benzene rings is 2. The van der Waals surface area contributed by atoms with Gasteiger partial charge in [-0.15, -0.1) is 0 Å². The topological polar surface area (TPSA) is 61.7 Å². The van der Waals surface area contributed by atoms with Gasteiger partial charge in [-0.25, -0.2) is 9.97 Å². The first kappa shape index (κ1) is 17.8. The summed E-state index contributed by atoms with van der Waals surface area (Å²) in [6, 6.07) is 20.6. The number of aromatic nitrogens is 2. The average molecular weight is 344 g/mol. The zero-order valence-electron chi connectivity index (χ0n) is 15.2. The van der Waals surface area contributed by atoms with E-state index in [1.165, 1.54) is 17.3 Å². The number of nitrogens with one attached hydrogen (secondary N) is 2. The highest BCUT2D eigenvalue weighted by molar-refractivity contribution is 5.85. The molecule has 0 amide bonds. The Labute approximate surface area is 154 Å². The molecule has 1 aromatic heterocycles. The highest BCUT2D eigenvalue weighted by Crippen LogP contribution is 2.19. The molecule has 0 aliphatic rings. The molecule has 0 fully saturated rings. The molecule has 0 saturated carbocycles. The number of rotatable bonds is 7. The van der Waals surface area contributed by atoms with Crippen LogP contribution in [0.3, 0.4) is 0 Å². The summed E-state index contributed by atoms with van der Waals surface area (Å²) < 4.78 is 0. The maximum absolute atomic E-state index is 7.72. The van der Waals surface area contributed by atoms with Crippen LogP contribution in [0.15, 0.2) is 60.7 Å². The van der Waals surface area contributed by atoms with Crippen molar-refractivity contribution in [1.29, 1.82) is 5.41 Å². The van der Waals surface area contributed by atoms with Crippen molar-refractivity contribution in [2.24, 2.45) is 0 Å². The van der Waals surface area contributed by atoms with Gasteiger partial charge in [0.25, 0.3) is 0 Å². The summed E-state index contributed by atoms with van der Waals surface area (Å²) in [4.78, 5) is 9.27. The minimum Gasteiger partial charge on any atom is -0.369 e. The van der Waals surface area contributed by atoms with Crippen LogP contribution in [-0.4, -0.2) is 22.7 Å². The molecule has 132 valence electrons. The van der Waals surface area contributed by atoms with Crippen molar-refractivity contribution in [3.63, 3.8) is 0 Å². The molecule has 4 heteroatoms. The zero-order valence-corrected chi connectivity index (χ0v) is 15.2. The fourth-order valence-corrected chi connectivity index (χ4v) is 2.95. The van der Waals surface area contributed by atoms with Crippen LogP contribution in [0.1, 0.15) is 41.1 Å². The van der Waals surface area contributed by atoms with Gasteiger partial charge in [-0.3, -0.25) is 0 Å². The average Bonchev–Trinajstić information content (AvgIpc) is 2.67. The predicted octanol–water partition coefficient (Wildman–Crippen LogP) is 4.59. The number of hydrogen-bond acceptors (Lipinski definition) is 4. The number of anilines is 1. The van der Waals surface area contributed by atoms with Crippen molar-refractivity contribution in [3.8, 4) is 0 Å². The van der Waals surface area contributed by atoms with Crippen molar-refractivity contribution in [3.05, 3.63) is 88.9 Å². The summed E-state index contributed by atoms with van der Waals surface area (Å²) >= 11 is 0. The van der Waals surface area contributed by atoms with E-state index in [4.69, 9.17) is 10.4 Å². The fraction of sp³-hybridized carbons (Fsp3) is 0.227. The standard InChI is InChI=1S/C22H24N4/c1-16(19-11-7-4-8-12-19)15-24-22-20(14-23)17(2)25-21(26-22)13-18-9-5-3-6-10-18/h3-12,14,16,23H,13,15H2,1-2H3,(H,24,25,26). The molecule has 0 bridgehead atoms. The van der Waals surface area contributed by atoms with Gasteiger partial charge in [0.15, 0.2) is 0 Å². The molecule has 0 radical (unpaired) electrons. The molecule has 0 aliphatic carbocycles. The Kier molecular flexibility index (Phi) is 5.74. The van der Waals surface area contributed by atoms with E-state index in [-0.39, 0.29) is 0 Å². The molecule has 0 spiro atoms. The van der Waals surface area contributed by atoms with Crippen LogP contribution in [0.4, 0.5) is 5.82 Å². The Morgan fingerprint density at radius 3 is 2.31 bits per heavy atom. The van der Waals surface area contributed by atoms with E-state index in [2.05, 4.69) is 53.6 Å². The maximum atomic E-state index is 7.72.